The fourth-order valence-corrected chi connectivity index (χ4v) is 2.45. The summed E-state index contributed by atoms with van der Waals surface area (Å²) in [4.78, 5) is 5.69. The molecular formula is C14H19N3OS. The Morgan fingerprint density at radius 1 is 1.26 bits per heavy atom. The average molecular weight is 277 g/mol. The third kappa shape index (κ3) is 3.58. The van der Waals surface area contributed by atoms with Gasteiger partial charge in [-0.25, -0.2) is 0 Å². The van der Waals surface area contributed by atoms with E-state index in [4.69, 9.17) is 4.52 Å². The van der Waals surface area contributed by atoms with Crippen LogP contribution < -0.4 is 5.32 Å². The van der Waals surface area contributed by atoms with Crippen LogP contribution >= 0.6 is 11.8 Å². The Labute approximate surface area is 118 Å². The molecule has 102 valence electrons. The first-order valence-corrected chi connectivity index (χ1v) is 7.53. The van der Waals surface area contributed by atoms with E-state index in [1.54, 1.807) is 0 Å². The van der Waals surface area contributed by atoms with E-state index >= 15 is 0 Å². The van der Waals surface area contributed by atoms with Crippen LogP contribution in [0, 0.1) is 0 Å². The molecule has 5 heteroatoms. The molecule has 0 fully saturated rings. The van der Waals surface area contributed by atoms with Crippen LogP contribution in [0.3, 0.4) is 0 Å². The summed E-state index contributed by atoms with van der Waals surface area (Å²) >= 11 is 1.82. The molecule has 0 saturated carbocycles. The van der Waals surface area contributed by atoms with Gasteiger partial charge in [0.05, 0.1) is 6.04 Å². The van der Waals surface area contributed by atoms with Crippen LogP contribution in [0.15, 0.2) is 33.7 Å². The predicted molar refractivity (Wildman–Crippen MR) is 78.2 cm³/mol. The van der Waals surface area contributed by atoms with Gasteiger partial charge in [-0.1, -0.05) is 19.0 Å². The summed E-state index contributed by atoms with van der Waals surface area (Å²) in [7, 11) is 0. The van der Waals surface area contributed by atoms with Gasteiger partial charge < -0.3 is 9.84 Å². The lowest BCUT2D eigenvalue weighted by Crippen LogP contribution is -2.17. The van der Waals surface area contributed by atoms with Crippen molar-refractivity contribution in [2.75, 3.05) is 12.3 Å². The Hall–Kier alpha value is -1.33. The summed E-state index contributed by atoms with van der Waals surface area (Å²) in [6, 6.07) is 8.33. The van der Waals surface area contributed by atoms with Gasteiger partial charge in [-0.2, -0.15) is 4.98 Å². The lowest BCUT2D eigenvalue weighted by molar-refractivity contribution is 0.342. The Morgan fingerprint density at radius 2 is 2.00 bits per heavy atom. The van der Waals surface area contributed by atoms with Gasteiger partial charge in [0.2, 0.25) is 11.7 Å². The molecule has 0 spiro atoms. The minimum Gasteiger partial charge on any atom is -0.337 e. The molecule has 1 aromatic carbocycles. The molecule has 1 atom stereocenters. The fraction of sp³-hybridized carbons (Fsp3) is 0.429. The number of hydrogen-bond donors (Lipinski definition) is 1. The van der Waals surface area contributed by atoms with E-state index in [2.05, 4.69) is 41.4 Å². The highest BCUT2D eigenvalue weighted by atomic mass is 32.2. The van der Waals surface area contributed by atoms with Gasteiger partial charge in [0.1, 0.15) is 0 Å². The number of thioether (sulfide) groups is 1. The third-order valence-electron chi connectivity index (χ3n) is 2.75. The van der Waals surface area contributed by atoms with E-state index < -0.39 is 0 Å². The van der Waals surface area contributed by atoms with E-state index in [0.717, 1.165) is 17.9 Å². The second kappa shape index (κ2) is 6.73. The van der Waals surface area contributed by atoms with Crippen molar-refractivity contribution in [1.29, 1.82) is 0 Å². The minimum absolute atomic E-state index is 0.0844. The predicted octanol–water partition coefficient (Wildman–Crippen LogP) is 3.52. The number of rotatable bonds is 6. The van der Waals surface area contributed by atoms with Gasteiger partial charge in [-0.3, -0.25) is 0 Å². The van der Waals surface area contributed by atoms with E-state index in [-0.39, 0.29) is 6.04 Å². The van der Waals surface area contributed by atoms with Crippen molar-refractivity contribution in [3.05, 3.63) is 30.2 Å². The van der Waals surface area contributed by atoms with Gasteiger partial charge in [-0.15, -0.1) is 11.8 Å². The molecule has 19 heavy (non-hydrogen) atoms. The summed E-state index contributed by atoms with van der Waals surface area (Å²) < 4.78 is 5.28. The van der Waals surface area contributed by atoms with Gasteiger partial charge in [-0.05, 0) is 43.5 Å². The van der Waals surface area contributed by atoms with Crippen molar-refractivity contribution in [3.8, 4) is 11.4 Å². The van der Waals surface area contributed by atoms with Crippen LogP contribution in [0.5, 0.6) is 0 Å². The normalized spacial score (nSPS) is 12.6. The second-order valence-electron chi connectivity index (χ2n) is 4.19. The van der Waals surface area contributed by atoms with E-state index in [0.29, 0.717) is 11.7 Å². The summed E-state index contributed by atoms with van der Waals surface area (Å²) in [6.07, 6.45) is 0. The first kappa shape index (κ1) is 14.1. The van der Waals surface area contributed by atoms with E-state index in [1.165, 1.54) is 4.90 Å². The molecule has 1 N–H and O–H groups in total. The van der Waals surface area contributed by atoms with Crippen molar-refractivity contribution >= 4 is 11.8 Å². The summed E-state index contributed by atoms with van der Waals surface area (Å²) in [5.74, 6) is 2.35. The molecule has 2 rings (SSSR count). The summed E-state index contributed by atoms with van der Waals surface area (Å²) in [5.41, 5.74) is 0.985. The zero-order chi connectivity index (χ0) is 13.7. The highest BCUT2D eigenvalue weighted by molar-refractivity contribution is 7.99. The van der Waals surface area contributed by atoms with Crippen LogP contribution in [-0.4, -0.2) is 22.4 Å². The topological polar surface area (TPSA) is 51.0 Å². The fourth-order valence-electron chi connectivity index (χ4n) is 1.79. The van der Waals surface area contributed by atoms with Crippen molar-refractivity contribution in [3.63, 3.8) is 0 Å². The third-order valence-corrected chi connectivity index (χ3v) is 3.64. The smallest absolute Gasteiger partial charge is 0.243 e. The van der Waals surface area contributed by atoms with E-state index in [1.807, 2.05) is 30.8 Å². The Morgan fingerprint density at radius 3 is 2.63 bits per heavy atom. The van der Waals surface area contributed by atoms with Crippen molar-refractivity contribution < 1.29 is 4.52 Å². The SMILES string of the molecule is CCNC(C)c1nc(-c2ccc(SCC)cc2)no1. The standard InChI is InChI=1S/C14H19N3OS/c1-4-15-10(3)14-16-13(17-18-14)11-6-8-12(9-7-11)19-5-2/h6-10,15H,4-5H2,1-3H3. The molecule has 2 aromatic rings. The van der Waals surface area contributed by atoms with Crippen LogP contribution in [0.1, 0.15) is 32.7 Å². The molecule has 0 aliphatic carbocycles. The molecule has 0 radical (unpaired) electrons. The number of hydrogen-bond acceptors (Lipinski definition) is 5. The highest BCUT2D eigenvalue weighted by Gasteiger charge is 2.13. The Kier molecular flexibility index (Phi) is 4.99. The van der Waals surface area contributed by atoms with Gasteiger partial charge in [0.25, 0.3) is 0 Å². The lowest BCUT2D eigenvalue weighted by Gasteiger charge is -2.05. The van der Waals surface area contributed by atoms with Crippen LogP contribution in [0.25, 0.3) is 11.4 Å². The molecule has 0 bridgehead atoms. The van der Waals surface area contributed by atoms with Gasteiger partial charge in [0, 0.05) is 10.5 Å². The zero-order valence-corrected chi connectivity index (χ0v) is 12.3. The van der Waals surface area contributed by atoms with Gasteiger partial charge >= 0.3 is 0 Å². The monoisotopic (exact) mass is 277 g/mol. The molecular weight excluding hydrogens is 258 g/mol. The van der Waals surface area contributed by atoms with Crippen LogP contribution in [0.4, 0.5) is 0 Å². The van der Waals surface area contributed by atoms with Gasteiger partial charge in [0.15, 0.2) is 0 Å². The maximum absolute atomic E-state index is 5.28. The molecule has 1 unspecified atom stereocenters. The molecule has 4 nitrogen and oxygen atoms in total. The van der Waals surface area contributed by atoms with Crippen molar-refractivity contribution in [2.45, 2.75) is 31.7 Å². The number of nitrogens with zero attached hydrogens (tertiary/aromatic N) is 2. The molecule has 1 aromatic heterocycles. The van der Waals surface area contributed by atoms with E-state index in [9.17, 15) is 0 Å². The molecule has 1 heterocycles. The number of benzene rings is 1. The molecule has 0 saturated heterocycles. The second-order valence-corrected chi connectivity index (χ2v) is 5.53. The highest BCUT2D eigenvalue weighted by Crippen LogP contribution is 2.23. The van der Waals surface area contributed by atoms with Crippen LogP contribution in [-0.2, 0) is 0 Å². The first-order valence-electron chi connectivity index (χ1n) is 6.54. The number of aromatic nitrogens is 2. The largest absolute Gasteiger partial charge is 0.337 e. The lowest BCUT2D eigenvalue weighted by atomic mass is 10.2. The number of nitrogens with one attached hydrogen (secondary N) is 1. The average Bonchev–Trinajstić information content (AvgIpc) is 2.90. The first-order chi connectivity index (χ1) is 9.24. The quantitative estimate of drug-likeness (QED) is 0.819. The minimum atomic E-state index is 0.0844. The zero-order valence-electron chi connectivity index (χ0n) is 11.5. The Bertz CT molecular complexity index is 510. The summed E-state index contributed by atoms with van der Waals surface area (Å²) in [5, 5.41) is 7.29. The molecule has 0 aliphatic heterocycles. The maximum atomic E-state index is 5.28. The van der Waals surface area contributed by atoms with Crippen molar-refractivity contribution in [1.82, 2.24) is 15.5 Å². The summed E-state index contributed by atoms with van der Waals surface area (Å²) in [6.45, 7) is 7.09. The molecule has 0 amide bonds. The molecule has 0 aliphatic rings. The Balaban J connectivity index is 2.13. The van der Waals surface area contributed by atoms with Crippen LogP contribution in [0.2, 0.25) is 0 Å². The van der Waals surface area contributed by atoms with Crippen molar-refractivity contribution in [2.24, 2.45) is 0 Å². The maximum Gasteiger partial charge on any atom is 0.243 e.